The van der Waals surface area contributed by atoms with Gasteiger partial charge in [0.25, 0.3) is 0 Å². The second-order valence-electron chi connectivity index (χ2n) is 3.22. The first-order valence-electron chi connectivity index (χ1n) is 4.10. The van der Waals surface area contributed by atoms with E-state index < -0.39 is 0 Å². The van der Waals surface area contributed by atoms with Crippen LogP contribution in [0.2, 0.25) is 5.02 Å². The Balaban J connectivity index is 2.53. The number of ether oxygens (including phenoxy) is 1. The van der Waals surface area contributed by atoms with Crippen LogP contribution < -0.4 is 4.74 Å². The summed E-state index contributed by atoms with van der Waals surface area (Å²) < 4.78 is 5.31. The van der Waals surface area contributed by atoms with E-state index in [2.05, 4.69) is 0 Å². The number of halogens is 1. The van der Waals surface area contributed by atoms with Crippen molar-refractivity contribution in [3.8, 4) is 5.75 Å². The molecule has 2 nitrogen and oxygen atoms in total. The van der Waals surface area contributed by atoms with Crippen LogP contribution >= 0.6 is 11.6 Å². The number of ketones is 1. The Morgan fingerprint density at radius 2 is 2.23 bits per heavy atom. The van der Waals surface area contributed by atoms with Gasteiger partial charge in [-0.25, -0.2) is 0 Å². The Kier molecular flexibility index (Phi) is 2.00. The summed E-state index contributed by atoms with van der Waals surface area (Å²) in [6.45, 7) is 2.12. The van der Waals surface area contributed by atoms with E-state index in [9.17, 15) is 4.79 Å². The highest BCUT2D eigenvalue weighted by Gasteiger charge is 2.18. The van der Waals surface area contributed by atoms with Gasteiger partial charge in [0, 0.05) is 17.0 Å². The summed E-state index contributed by atoms with van der Waals surface area (Å²) in [6, 6.07) is 3.64. The number of rotatable bonds is 0. The van der Waals surface area contributed by atoms with Crippen molar-refractivity contribution >= 4 is 17.4 Å². The van der Waals surface area contributed by atoms with Crippen LogP contribution in [-0.4, -0.2) is 12.4 Å². The third-order valence-corrected chi connectivity index (χ3v) is 2.30. The van der Waals surface area contributed by atoms with E-state index in [0.717, 1.165) is 16.9 Å². The maximum absolute atomic E-state index is 11.1. The summed E-state index contributed by atoms with van der Waals surface area (Å²) in [5.74, 6) is 0.929. The molecule has 3 heteroatoms. The highest BCUT2D eigenvalue weighted by Crippen LogP contribution is 2.30. The van der Waals surface area contributed by atoms with Crippen LogP contribution in [0.4, 0.5) is 0 Å². The smallest absolute Gasteiger partial charge is 0.174 e. The molecule has 0 fully saturated rings. The van der Waals surface area contributed by atoms with Crippen LogP contribution in [0, 0.1) is 6.92 Å². The molecular formula is C10H9ClO2. The first-order chi connectivity index (χ1) is 6.16. The fourth-order valence-corrected chi connectivity index (χ4v) is 1.85. The van der Waals surface area contributed by atoms with E-state index >= 15 is 0 Å². The number of benzene rings is 1. The molecule has 2 rings (SSSR count). The molecule has 1 heterocycles. The quantitative estimate of drug-likeness (QED) is 0.636. The lowest BCUT2D eigenvalue weighted by molar-refractivity contribution is -0.121. The standard InChI is InChI=1S/C10H9ClO2/c1-6-2-8(11)3-7-4-9(12)5-13-10(6)7/h2-3H,4-5H2,1H3. The van der Waals surface area contributed by atoms with E-state index in [4.69, 9.17) is 16.3 Å². The lowest BCUT2D eigenvalue weighted by Crippen LogP contribution is -2.20. The largest absolute Gasteiger partial charge is 0.485 e. The zero-order valence-electron chi connectivity index (χ0n) is 7.26. The lowest BCUT2D eigenvalue weighted by Gasteiger charge is -2.18. The SMILES string of the molecule is Cc1cc(Cl)cc2c1OCC(=O)C2. The molecule has 0 saturated heterocycles. The minimum Gasteiger partial charge on any atom is -0.485 e. The minimum absolute atomic E-state index is 0.106. The Bertz CT molecular complexity index is 371. The second-order valence-corrected chi connectivity index (χ2v) is 3.65. The Morgan fingerprint density at radius 3 is 3.00 bits per heavy atom. The van der Waals surface area contributed by atoms with Crippen molar-refractivity contribution in [1.29, 1.82) is 0 Å². The van der Waals surface area contributed by atoms with Crippen molar-refractivity contribution in [2.24, 2.45) is 0 Å². The molecule has 0 unspecified atom stereocenters. The van der Waals surface area contributed by atoms with Crippen LogP contribution in [0.25, 0.3) is 0 Å². The Labute approximate surface area is 81.5 Å². The van der Waals surface area contributed by atoms with E-state index in [1.165, 1.54) is 0 Å². The summed E-state index contributed by atoms with van der Waals surface area (Å²) in [4.78, 5) is 11.1. The highest BCUT2D eigenvalue weighted by atomic mass is 35.5. The number of carbonyl (C=O) groups is 1. The van der Waals surface area contributed by atoms with Gasteiger partial charge in [-0.1, -0.05) is 11.6 Å². The average molecular weight is 197 g/mol. The van der Waals surface area contributed by atoms with Gasteiger partial charge in [-0.15, -0.1) is 0 Å². The molecule has 1 aromatic carbocycles. The first-order valence-corrected chi connectivity index (χ1v) is 4.48. The van der Waals surface area contributed by atoms with Gasteiger partial charge >= 0.3 is 0 Å². The molecule has 0 N–H and O–H groups in total. The molecule has 0 radical (unpaired) electrons. The lowest BCUT2D eigenvalue weighted by atomic mass is 10.0. The predicted molar refractivity (Wildman–Crippen MR) is 50.4 cm³/mol. The average Bonchev–Trinajstić information content (AvgIpc) is 2.02. The van der Waals surface area contributed by atoms with Crippen molar-refractivity contribution in [3.05, 3.63) is 28.3 Å². The van der Waals surface area contributed by atoms with Gasteiger partial charge in [0.05, 0.1) is 0 Å². The van der Waals surface area contributed by atoms with E-state index in [1.807, 2.05) is 13.0 Å². The Morgan fingerprint density at radius 1 is 1.46 bits per heavy atom. The van der Waals surface area contributed by atoms with Crippen molar-refractivity contribution in [2.75, 3.05) is 6.61 Å². The maximum Gasteiger partial charge on any atom is 0.174 e. The van der Waals surface area contributed by atoms with Crippen LogP contribution in [0.5, 0.6) is 5.75 Å². The van der Waals surface area contributed by atoms with Crippen molar-refractivity contribution in [3.63, 3.8) is 0 Å². The summed E-state index contributed by atoms with van der Waals surface area (Å²) in [5.41, 5.74) is 1.90. The molecule has 1 aliphatic rings. The number of carbonyl (C=O) groups excluding carboxylic acids is 1. The monoisotopic (exact) mass is 196 g/mol. The van der Waals surface area contributed by atoms with Gasteiger partial charge in [-0.2, -0.15) is 0 Å². The molecule has 0 amide bonds. The molecule has 0 bridgehead atoms. The third-order valence-electron chi connectivity index (χ3n) is 2.08. The minimum atomic E-state index is 0.106. The zero-order valence-corrected chi connectivity index (χ0v) is 8.02. The summed E-state index contributed by atoms with van der Waals surface area (Å²) >= 11 is 5.86. The molecule has 1 aliphatic heterocycles. The van der Waals surface area contributed by atoms with Crippen LogP contribution in [0.3, 0.4) is 0 Å². The molecule has 0 saturated carbocycles. The van der Waals surface area contributed by atoms with Gasteiger partial charge in [0.2, 0.25) is 0 Å². The summed E-state index contributed by atoms with van der Waals surface area (Å²) in [5, 5.41) is 0.662. The molecule has 68 valence electrons. The van der Waals surface area contributed by atoms with Crippen molar-refractivity contribution in [2.45, 2.75) is 13.3 Å². The number of Topliss-reactive ketones (excluding diaryl/α,β-unsaturated/α-hetero) is 1. The fourth-order valence-electron chi connectivity index (χ4n) is 1.55. The molecular weight excluding hydrogens is 188 g/mol. The van der Waals surface area contributed by atoms with Gasteiger partial charge in [-0.3, -0.25) is 4.79 Å². The topological polar surface area (TPSA) is 26.3 Å². The van der Waals surface area contributed by atoms with Crippen molar-refractivity contribution < 1.29 is 9.53 Å². The number of hydrogen-bond donors (Lipinski definition) is 0. The number of fused-ring (bicyclic) bond motifs is 1. The molecule has 0 spiro atoms. The molecule has 13 heavy (non-hydrogen) atoms. The van der Waals surface area contributed by atoms with Crippen molar-refractivity contribution in [1.82, 2.24) is 0 Å². The number of aryl methyl sites for hydroxylation is 1. The molecule has 1 aromatic rings. The summed E-state index contributed by atoms with van der Waals surface area (Å²) in [6.07, 6.45) is 0.441. The zero-order chi connectivity index (χ0) is 9.42. The van der Waals surface area contributed by atoms with E-state index in [-0.39, 0.29) is 12.4 Å². The Hall–Kier alpha value is -1.02. The van der Waals surface area contributed by atoms with Gasteiger partial charge in [0.1, 0.15) is 12.4 Å². The maximum atomic E-state index is 11.1. The fraction of sp³-hybridized carbons (Fsp3) is 0.300. The number of hydrogen-bond acceptors (Lipinski definition) is 2. The van der Waals surface area contributed by atoms with E-state index in [0.29, 0.717) is 11.4 Å². The van der Waals surface area contributed by atoms with Gasteiger partial charge in [-0.05, 0) is 24.6 Å². The first kappa shape index (κ1) is 8.57. The van der Waals surface area contributed by atoms with E-state index in [1.54, 1.807) is 6.07 Å². The van der Waals surface area contributed by atoms with Crippen LogP contribution in [0.15, 0.2) is 12.1 Å². The predicted octanol–water partition coefficient (Wildman–Crippen LogP) is 2.15. The summed E-state index contributed by atoms with van der Waals surface area (Å²) in [7, 11) is 0. The molecule has 0 aliphatic carbocycles. The van der Waals surface area contributed by atoms with Gasteiger partial charge in [0.15, 0.2) is 5.78 Å². The third kappa shape index (κ3) is 1.54. The molecule has 0 atom stereocenters. The van der Waals surface area contributed by atoms with Crippen LogP contribution in [-0.2, 0) is 11.2 Å². The second kappa shape index (κ2) is 3.04. The van der Waals surface area contributed by atoms with Crippen LogP contribution in [0.1, 0.15) is 11.1 Å². The highest BCUT2D eigenvalue weighted by molar-refractivity contribution is 6.30. The van der Waals surface area contributed by atoms with Gasteiger partial charge < -0.3 is 4.74 Å². The normalized spacial score (nSPS) is 15.1. The molecule has 0 aromatic heterocycles.